The Morgan fingerprint density at radius 3 is 2.55 bits per heavy atom. The van der Waals surface area contributed by atoms with Gasteiger partial charge in [-0.3, -0.25) is 10.8 Å². The maximum atomic E-state index is 5.68. The second-order valence-corrected chi connectivity index (χ2v) is 4.26. The van der Waals surface area contributed by atoms with Gasteiger partial charge in [-0.25, -0.2) is 10.1 Å². The molecule has 6 nitrogen and oxygen atoms in total. The van der Waals surface area contributed by atoms with E-state index in [0.717, 1.165) is 17.1 Å². The van der Waals surface area contributed by atoms with Crippen molar-refractivity contribution in [1.82, 2.24) is 25.4 Å². The first kappa shape index (κ1) is 12.5. The summed E-state index contributed by atoms with van der Waals surface area (Å²) in [6, 6.07) is 15.2. The maximum Gasteiger partial charge on any atom is 0.107 e. The number of para-hydroxylation sites is 1. The summed E-state index contributed by atoms with van der Waals surface area (Å²) in [6.07, 6.45) is 3.42. The Bertz CT molecular complexity index is 664. The minimum Gasteiger partial charge on any atom is -0.270 e. The van der Waals surface area contributed by atoms with E-state index in [2.05, 4.69) is 20.7 Å². The van der Waals surface area contributed by atoms with Crippen LogP contribution in [-0.2, 0) is 0 Å². The molecule has 0 aliphatic heterocycles. The predicted octanol–water partition coefficient (Wildman–Crippen LogP) is 1.21. The Kier molecular flexibility index (Phi) is 3.49. The molecule has 3 N–H and O–H groups in total. The van der Waals surface area contributed by atoms with Crippen molar-refractivity contribution in [2.24, 2.45) is 5.84 Å². The monoisotopic (exact) mass is 266 g/mol. The molecule has 0 saturated heterocycles. The molecule has 0 fully saturated rings. The number of nitrogens with one attached hydrogen (secondary N) is 1. The average molecular weight is 266 g/mol. The first-order chi connectivity index (χ1) is 9.90. The molecule has 0 radical (unpaired) electrons. The van der Waals surface area contributed by atoms with Gasteiger partial charge in [-0.1, -0.05) is 29.5 Å². The molecule has 1 aromatic carbocycles. The number of hydrogen-bond donors (Lipinski definition) is 2. The summed E-state index contributed by atoms with van der Waals surface area (Å²) in [4.78, 5) is 4.33. The Labute approximate surface area is 116 Å². The van der Waals surface area contributed by atoms with E-state index in [4.69, 9.17) is 5.84 Å². The van der Waals surface area contributed by atoms with E-state index in [0.29, 0.717) is 0 Å². The lowest BCUT2D eigenvalue weighted by molar-refractivity contribution is 0.582. The van der Waals surface area contributed by atoms with Crippen molar-refractivity contribution in [2.75, 3.05) is 0 Å². The molecule has 3 aromatic rings. The molecule has 0 amide bonds. The van der Waals surface area contributed by atoms with Gasteiger partial charge in [-0.15, -0.1) is 5.10 Å². The summed E-state index contributed by atoms with van der Waals surface area (Å²) in [5.74, 6) is 5.68. The van der Waals surface area contributed by atoms with Crippen molar-refractivity contribution in [1.29, 1.82) is 0 Å². The fraction of sp³-hybridized carbons (Fsp3) is 0.0714. The smallest absolute Gasteiger partial charge is 0.107 e. The van der Waals surface area contributed by atoms with Gasteiger partial charge in [0.25, 0.3) is 0 Å². The molecule has 6 heteroatoms. The van der Waals surface area contributed by atoms with E-state index in [9.17, 15) is 0 Å². The summed E-state index contributed by atoms with van der Waals surface area (Å²) >= 11 is 0. The lowest BCUT2D eigenvalue weighted by Gasteiger charge is -2.16. The van der Waals surface area contributed by atoms with E-state index in [1.54, 1.807) is 17.1 Å². The third-order valence-corrected chi connectivity index (χ3v) is 3.02. The summed E-state index contributed by atoms with van der Waals surface area (Å²) < 4.78 is 1.75. The molecule has 2 heterocycles. The standard InChI is InChI=1S/C14H14N6/c15-18-14(12-8-4-5-9-16-12)13-10-17-19-20(13)11-6-2-1-3-7-11/h1-10,14,18H,15H2. The van der Waals surface area contributed by atoms with Crippen molar-refractivity contribution in [2.45, 2.75) is 6.04 Å². The second-order valence-electron chi connectivity index (χ2n) is 4.26. The number of benzene rings is 1. The molecule has 0 saturated carbocycles. The lowest BCUT2D eigenvalue weighted by atomic mass is 10.1. The number of pyridine rings is 1. The van der Waals surface area contributed by atoms with Crippen LogP contribution in [0.5, 0.6) is 0 Å². The summed E-state index contributed by atoms with van der Waals surface area (Å²) in [6.45, 7) is 0. The molecule has 3 rings (SSSR count). The molecular formula is C14H14N6. The van der Waals surface area contributed by atoms with Gasteiger partial charge in [-0.2, -0.15) is 0 Å². The Morgan fingerprint density at radius 2 is 1.85 bits per heavy atom. The van der Waals surface area contributed by atoms with Gasteiger partial charge in [0.2, 0.25) is 0 Å². The van der Waals surface area contributed by atoms with Crippen molar-refractivity contribution in [3.8, 4) is 5.69 Å². The molecule has 1 unspecified atom stereocenters. The Morgan fingerprint density at radius 1 is 1.05 bits per heavy atom. The highest BCUT2D eigenvalue weighted by Gasteiger charge is 2.19. The van der Waals surface area contributed by atoms with Crippen LogP contribution in [-0.4, -0.2) is 20.0 Å². The number of rotatable bonds is 4. The van der Waals surface area contributed by atoms with Gasteiger partial charge in [0.1, 0.15) is 6.04 Å². The number of aromatic nitrogens is 4. The molecule has 20 heavy (non-hydrogen) atoms. The van der Waals surface area contributed by atoms with Crippen molar-refractivity contribution in [3.05, 3.63) is 72.3 Å². The van der Waals surface area contributed by atoms with Crippen molar-refractivity contribution >= 4 is 0 Å². The number of hydrazine groups is 1. The fourth-order valence-electron chi connectivity index (χ4n) is 2.08. The zero-order valence-electron chi connectivity index (χ0n) is 10.7. The van der Waals surface area contributed by atoms with E-state index < -0.39 is 0 Å². The second kappa shape index (κ2) is 5.60. The van der Waals surface area contributed by atoms with Gasteiger partial charge < -0.3 is 0 Å². The number of nitrogens with two attached hydrogens (primary N) is 1. The summed E-state index contributed by atoms with van der Waals surface area (Å²) in [5, 5.41) is 8.11. The highest BCUT2D eigenvalue weighted by atomic mass is 15.4. The topological polar surface area (TPSA) is 81.7 Å². The molecule has 0 bridgehead atoms. The summed E-state index contributed by atoms with van der Waals surface area (Å²) in [7, 11) is 0. The van der Waals surface area contributed by atoms with Gasteiger partial charge >= 0.3 is 0 Å². The molecule has 0 spiro atoms. The first-order valence-corrected chi connectivity index (χ1v) is 6.23. The van der Waals surface area contributed by atoms with E-state index in [1.165, 1.54) is 0 Å². The minimum absolute atomic E-state index is 0.272. The van der Waals surface area contributed by atoms with Gasteiger partial charge in [0.05, 0.1) is 23.3 Å². The molecular weight excluding hydrogens is 252 g/mol. The van der Waals surface area contributed by atoms with Gasteiger partial charge in [-0.05, 0) is 24.3 Å². The first-order valence-electron chi connectivity index (χ1n) is 6.23. The Balaban J connectivity index is 2.04. The van der Waals surface area contributed by atoms with E-state index in [-0.39, 0.29) is 6.04 Å². The number of nitrogens with zero attached hydrogens (tertiary/aromatic N) is 4. The van der Waals surface area contributed by atoms with Crippen LogP contribution in [0.25, 0.3) is 5.69 Å². The van der Waals surface area contributed by atoms with Crippen LogP contribution in [0.3, 0.4) is 0 Å². The van der Waals surface area contributed by atoms with Crippen molar-refractivity contribution in [3.63, 3.8) is 0 Å². The zero-order chi connectivity index (χ0) is 13.8. The minimum atomic E-state index is -0.272. The third-order valence-electron chi connectivity index (χ3n) is 3.02. The largest absolute Gasteiger partial charge is 0.270 e. The normalized spacial score (nSPS) is 12.2. The fourth-order valence-corrected chi connectivity index (χ4v) is 2.08. The quantitative estimate of drug-likeness (QED) is 0.548. The molecule has 1 atom stereocenters. The molecule has 2 aromatic heterocycles. The third kappa shape index (κ3) is 2.29. The van der Waals surface area contributed by atoms with Crippen molar-refractivity contribution < 1.29 is 0 Å². The average Bonchev–Trinajstić information content (AvgIpc) is 2.99. The molecule has 0 aliphatic rings. The SMILES string of the molecule is NNC(c1ccccn1)c1cnnn1-c1ccccc1. The van der Waals surface area contributed by atoms with Crippen LogP contribution in [0.1, 0.15) is 17.4 Å². The van der Waals surface area contributed by atoms with E-state index >= 15 is 0 Å². The van der Waals surface area contributed by atoms with Crippen LogP contribution in [0.4, 0.5) is 0 Å². The summed E-state index contributed by atoms with van der Waals surface area (Å²) in [5.41, 5.74) is 5.34. The van der Waals surface area contributed by atoms with Gasteiger partial charge in [0.15, 0.2) is 0 Å². The van der Waals surface area contributed by atoms with Crippen LogP contribution < -0.4 is 11.3 Å². The van der Waals surface area contributed by atoms with Crippen LogP contribution in [0.15, 0.2) is 60.9 Å². The Hall–Kier alpha value is -2.57. The maximum absolute atomic E-state index is 5.68. The van der Waals surface area contributed by atoms with Crippen LogP contribution in [0, 0.1) is 0 Å². The molecule has 100 valence electrons. The molecule has 0 aliphatic carbocycles. The van der Waals surface area contributed by atoms with Gasteiger partial charge in [0, 0.05) is 6.20 Å². The van der Waals surface area contributed by atoms with E-state index in [1.807, 2.05) is 48.5 Å². The van der Waals surface area contributed by atoms with Crippen LogP contribution >= 0.6 is 0 Å². The number of hydrogen-bond acceptors (Lipinski definition) is 5. The van der Waals surface area contributed by atoms with Crippen LogP contribution in [0.2, 0.25) is 0 Å². The highest BCUT2D eigenvalue weighted by Crippen LogP contribution is 2.20. The lowest BCUT2D eigenvalue weighted by Crippen LogP contribution is -2.31. The highest BCUT2D eigenvalue weighted by molar-refractivity contribution is 5.34. The zero-order valence-corrected chi connectivity index (χ0v) is 10.7. The predicted molar refractivity (Wildman–Crippen MR) is 74.8 cm³/mol.